The summed E-state index contributed by atoms with van der Waals surface area (Å²) in [6, 6.07) is 5.98. The highest BCUT2D eigenvalue weighted by Crippen LogP contribution is 2.43. The molecule has 1 atom stereocenters. The lowest BCUT2D eigenvalue weighted by Gasteiger charge is -2.44. The highest BCUT2D eigenvalue weighted by atomic mass is 35.5. The van der Waals surface area contributed by atoms with E-state index in [9.17, 15) is 0 Å². The van der Waals surface area contributed by atoms with E-state index in [0.717, 1.165) is 24.3 Å². The van der Waals surface area contributed by atoms with Gasteiger partial charge in [-0.1, -0.05) is 36.2 Å². The summed E-state index contributed by atoms with van der Waals surface area (Å²) in [7, 11) is 3.80. The maximum atomic E-state index is 6.17. The number of halogens is 2. The first-order valence-electron chi connectivity index (χ1n) is 7.20. The predicted octanol–water partition coefficient (Wildman–Crippen LogP) is 4.85. The van der Waals surface area contributed by atoms with Gasteiger partial charge < -0.3 is 10.1 Å². The minimum absolute atomic E-state index is 0.134. The van der Waals surface area contributed by atoms with E-state index in [-0.39, 0.29) is 11.6 Å². The molecule has 0 aromatic heterocycles. The van der Waals surface area contributed by atoms with E-state index in [1.54, 1.807) is 0 Å². The van der Waals surface area contributed by atoms with Crippen molar-refractivity contribution in [3.05, 3.63) is 33.8 Å². The van der Waals surface area contributed by atoms with E-state index in [1.807, 2.05) is 32.4 Å². The molecule has 4 heteroatoms. The van der Waals surface area contributed by atoms with Gasteiger partial charge in [-0.2, -0.15) is 0 Å². The molecule has 112 valence electrons. The first-order chi connectivity index (χ1) is 9.52. The molecule has 0 bridgehead atoms. The lowest BCUT2D eigenvalue weighted by molar-refractivity contribution is -0.0745. The van der Waals surface area contributed by atoms with Crippen LogP contribution in [0.15, 0.2) is 18.2 Å². The monoisotopic (exact) mass is 315 g/mol. The smallest absolute Gasteiger partial charge is 0.0872 e. The summed E-state index contributed by atoms with van der Waals surface area (Å²) in [5.41, 5.74) is 0.983. The Balaban J connectivity index is 2.31. The second-order valence-electron chi connectivity index (χ2n) is 5.85. The lowest BCUT2D eigenvalue weighted by Crippen LogP contribution is -2.46. The van der Waals surface area contributed by atoms with Crippen LogP contribution in [-0.4, -0.2) is 19.8 Å². The minimum Gasteiger partial charge on any atom is -0.376 e. The third-order valence-electron chi connectivity index (χ3n) is 4.62. The van der Waals surface area contributed by atoms with Gasteiger partial charge in [0.2, 0.25) is 0 Å². The Kier molecular flexibility index (Phi) is 5.36. The number of rotatable bonds is 4. The van der Waals surface area contributed by atoms with Gasteiger partial charge in [0.25, 0.3) is 0 Å². The fourth-order valence-electron chi connectivity index (χ4n) is 3.29. The van der Waals surface area contributed by atoms with Gasteiger partial charge >= 0.3 is 0 Å². The van der Waals surface area contributed by atoms with Crippen LogP contribution in [0.25, 0.3) is 0 Å². The van der Waals surface area contributed by atoms with E-state index in [0.29, 0.717) is 10.0 Å². The van der Waals surface area contributed by atoms with E-state index in [2.05, 4.69) is 12.2 Å². The van der Waals surface area contributed by atoms with Crippen molar-refractivity contribution in [3.63, 3.8) is 0 Å². The SMILES string of the molecule is CNC(c1ccc(Cl)c(Cl)c1)C1(OC)CCC(C)CC1. The van der Waals surface area contributed by atoms with Crippen molar-refractivity contribution in [1.29, 1.82) is 0 Å². The molecule has 2 nitrogen and oxygen atoms in total. The zero-order valence-electron chi connectivity index (χ0n) is 12.4. The van der Waals surface area contributed by atoms with Crippen LogP contribution in [0.4, 0.5) is 0 Å². The van der Waals surface area contributed by atoms with Crippen LogP contribution in [0.3, 0.4) is 0 Å². The fourth-order valence-corrected chi connectivity index (χ4v) is 3.59. The zero-order chi connectivity index (χ0) is 14.8. The molecule has 1 aliphatic rings. The largest absolute Gasteiger partial charge is 0.376 e. The molecule has 0 amide bonds. The van der Waals surface area contributed by atoms with Gasteiger partial charge in [-0.25, -0.2) is 0 Å². The highest BCUT2D eigenvalue weighted by molar-refractivity contribution is 6.42. The van der Waals surface area contributed by atoms with Gasteiger partial charge in [0.1, 0.15) is 0 Å². The predicted molar refractivity (Wildman–Crippen MR) is 85.6 cm³/mol. The lowest BCUT2D eigenvalue weighted by atomic mass is 9.73. The summed E-state index contributed by atoms with van der Waals surface area (Å²) in [4.78, 5) is 0. The highest BCUT2D eigenvalue weighted by Gasteiger charge is 2.41. The summed E-state index contributed by atoms with van der Waals surface area (Å²) in [5, 5.41) is 4.60. The van der Waals surface area contributed by atoms with Crippen molar-refractivity contribution in [3.8, 4) is 0 Å². The van der Waals surface area contributed by atoms with Gasteiger partial charge in [0.05, 0.1) is 21.7 Å². The van der Waals surface area contributed by atoms with Crippen molar-refractivity contribution >= 4 is 23.2 Å². The van der Waals surface area contributed by atoms with Crippen LogP contribution in [-0.2, 0) is 4.74 Å². The number of benzene rings is 1. The average molecular weight is 316 g/mol. The molecule has 1 unspecified atom stereocenters. The Morgan fingerprint density at radius 1 is 1.25 bits per heavy atom. The molecule has 1 aromatic carbocycles. The quantitative estimate of drug-likeness (QED) is 0.857. The Morgan fingerprint density at radius 2 is 1.90 bits per heavy atom. The molecule has 1 fully saturated rings. The average Bonchev–Trinajstić information content (AvgIpc) is 2.46. The van der Waals surface area contributed by atoms with Crippen LogP contribution >= 0.6 is 23.2 Å². The molecule has 0 radical (unpaired) electrons. The van der Waals surface area contributed by atoms with Gasteiger partial charge in [0.15, 0.2) is 0 Å². The van der Waals surface area contributed by atoms with Crippen LogP contribution in [0.5, 0.6) is 0 Å². The van der Waals surface area contributed by atoms with E-state index in [1.165, 1.54) is 12.8 Å². The number of likely N-dealkylation sites (N-methyl/N-ethyl adjacent to an activating group) is 1. The minimum atomic E-state index is -0.154. The van der Waals surface area contributed by atoms with Crippen molar-refractivity contribution in [2.75, 3.05) is 14.2 Å². The molecule has 0 spiro atoms. The second-order valence-corrected chi connectivity index (χ2v) is 6.66. The molecule has 1 aliphatic carbocycles. The van der Waals surface area contributed by atoms with E-state index >= 15 is 0 Å². The van der Waals surface area contributed by atoms with Gasteiger partial charge in [-0.05, 0) is 56.3 Å². The molecule has 20 heavy (non-hydrogen) atoms. The van der Waals surface area contributed by atoms with Crippen LogP contribution in [0.2, 0.25) is 10.0 Å². The second kappa shape index (κ2) is 6.65. The van der Waals surface area contributed by atoms with Crippen LogP contribution < -0.4 is 5.32 Å². The first-order valence-corrected chi connectivity index (χ1v) is 7.95. The number of methoxy groups -OCH3 is 1. The summed E-state index contributed by atoms with van der Waals surface area (Å²) >= 11 is 12.2. The number of nitrogens with one attached hydrogen (secondary N) is 1. The Bertz CT molecular complexity index is 456. The molecule has 1 N–H and O–H groups in total. The topological polar surface area (TPSA) is 21.3 Å². The molecule has 0 aliphatic heterocycles. The van der Waals surface area contributed by atoms with Crippen molar-refractivity contribution in [2.45, 2.75) is 44.2 Å². The Hall–Kier alpha value is -0.280. The van der Waals surface area contributed by atoms with E-state index < -0.39 is 0 Å². The molecule has 2 rings (SSSR count). The van der Waals surface area contributed by atoms with Gasteiger partial charge in [-0.15, -0.1) is 0 Å². The normalized spacial score (nSPS) is 28.4. The van der Waals surface area contributed by atoms with E-state index in [4.69, 9.17) is 27.9 Å². The maximum Gasteiger partial charge on any atom is 0.0872 e. The number of ether oxygens (including phenoxy) is 1. The molecular formula is C16H23Cl2NO. The molecule has 1 saturated carbocycles. The first kappa shape index (κ1) is 16.1. The van der Waals surface area contributed by atoms with Gasteiger partial charge in [-0.3, -0.25) is 0 Å². The number of hydrogen-bond donors (Lipinski definition) is 1. The van der Waals surface area contributed by atoms with Gasteiger partial charge in [0, 0.05) is 7.11 Å². The standard InChI is InChI=1S/C16H23Cl2NO/c1-11-6-8-16(20-3,9-7-11)15(19-2)12-4-5-13(17)14(18)10-12/h4-5,10-11,15,19H,6-9H2,1-3H3. The third-order valence-corrected chi connectivity index (χ3v) is 5.36. The number of hydrogen-bond acceptors (Lipinski definition) is 2. The third kappa shape index (κ3) is 3.14. The summed E-state index contributed by atoms with van der Waals surface area (Å²) in [6.07, 6.45) is 4.54. The molecule has 0 saturated heterocycles. The molecule has 0 heterocycles. The van der Waals surface area contributed by atoms with Crippen LogP contribution in [0, 0.1) is 5.92 Å². The molecular weight excluding hydrogens is 293 g/mol. The van der Waals surface area contributed by atoms with Crippen molar-refractivity contribution in [1.82, 2.24) is 5.32 Å². The maximum absolute atomic E-state index is 6.17. The summed E-state index contributed by atoms with van der Waals surface area (Å²) in [6.45, 7) is 2.31. The fraction of sp³-hybridized carbons (Fsp3) is 0.625. The zero-order valence-corrected chi connectivity index (χ0v) is 13.9. The van der Waals surface area contributed by atoms with Crippen LogP contribution in [0.1, 0.15) is 44.2 Å². The Morgan fingerprint density at radius 3 is 2.40 bits per heavy atom. The summed E-state index contributed by atoms with van der Waals surface area (Å²) in [5.74, 6) is 0.782. The summed E-state index contributed by atoms with van der Waals surface area (Å²) < 4.78 is 5.97. The van der Waals surface area contributed by atoms with Crippen molar-refractivity contribution < 1.29 is 4.74 Å². The van der Waals surface area contributed by atoms with Crippen molar-refractivity contribution in [2.24, 2.45) is 5.92 Å². The Labute approximate surface area is 131 Å². The molecule has 1 aromatic rings.